The van der Waals surface area contributed by atoms with Crippen LogP contribution in [0, 0.1) is 6.92 Å². The minimum Gasteiger partial charge on any atom is -0.382 e. The summed E-state index contributed by atoms with van der Waals surface area (Å²) in [6.45, 7) is 3.68. The Hall–Kier alpha value is -2.33. The Balaban J connectivity index is 1.55. The first-order valence-electron chi connectivity index (χ1n) is 8.04. The summed E-state index contributed by atoms with van der Waals surface area (Å²) in [5, 5.41) is 6.29. The van der Waals surface area contributed by atoms with Crippen molar-refractivity contribution >= 4 is 17.3 Å². The molecule has 1 aliphatic rings. The van der Waals surface area contributed by atoms with E-state index in [4.69, 9.17) is 4.74 Å². The molecule has 23 heavy (non-hydrogen) atoms. The molecule has 2 N–H and O–H groups in total. The summed E-state index contributed by atoms with van der Waals surface area (Å²) < 4.78 is 5.59. The van der Waals surface area contributed by atoms with Crippen LogP contribution in [0.5, 0.6) is 0 Å². The molecule has 1 unspecified atom stereocenters. The van der Waals surface area contributed by atoms with Gasteiger partial charge < -0.3 is 15.4 Å². The summed E-state index contributed by atoms with van der Waals surface area (Å²) in [5.74, 6) is -0.0891. The highest BCUT2D eigenvalue weighted by Crippen LogP contribution is 2.17. The Kier molecular flexibility index (Phi) is 4.93. The molecule has 4 heteroatoms. The van der Waals surface area contributed by atoms with Gasteiger partial charge in [-0.2, -0.15) is 0 Å². The van der Waals surface area contributed by atoms with Crippen LogP contribution in [0.3, 0.4) is 0 Å². The van der Waals surface area contributed by atoms with Crippen molar-refractivity contribution < 1.29 is 9.53 Å². The Bertz CT molecular complexity index is 661. The minimum atomic E-state index is -0.0891. The Morgan fingerprint density at radius 3 is 2.65 bits per heavy atom. The average molecular weight is 310 g/mol. The molecular weight excluding hydrogens is 288 g/mol. The third-order valence-corrected chi connectivity index (χ3v) is 3.98. The largest absolute Gasteiger partial charge is 0.382 e. The van der Waals surface area contributed by atoms with Gasteiger partial charge in [-0.15, -0.1) is 0 Å². The van der Waals surface area contributed by atoms with Gasteiger partial charge in [0.2, 0.25) is 0 Å². The number of nitrogens with one attached hydrogen (secondary N) is 2. The smallest absolute Gasteiger partial charge is 0.255 e. The predicted molar refractivity (Wildman–Crippen MR) is 93.0 cm³/mol. The van der Waals surface area contributed by atoms with Crippen LogP contribution in [0.2, 0.25) is 0 Å². The standard InChI is InChI=1S/C19H22N2O2/c1-14-4-2-5-15(12-14)19(22)21-17-9-7-16(8-10-17)20-13-18-6-3-11-23-18/h2,4-5,7-10,12,18,20H,3,6,11,13H2,1H3,(H,21,22). The van der Waals surface area contributed by atoms with Gasteiger partial charge in [-0.25, -0.2) is 0 Å². The molecule has 0 aliphatic carbocycles. The van der Waals surface area contributed by atoms with E-state index in [1.54, 1.807) is 0 Å². The van der Waals surface area contributed by atoms with Crippen molar-refractivity contribution in [2.24, 2.45) is 0 Å². The minimum absolute atomic E-state index is 0.0891. The van der Waals surface area contributed by atoms with Crippen LogP contribution in [0.4, 0.5) is 11.4 Å². The second-order valence-corrected chi connectivity index (χ2v) is 5.92. The average Bonchev–Trinajstić information content (AvgIpc) is 3.08. The molecule has 1 saturated heterocycles. The molecule has 2 aromatic carbocycles. The zero-order valence-corrected chi connectivity index (χ0v) is 13.3. The van der Waals surface area contributed by atoms with E-state index in [0.717, 1.165) is 42.9 Å². The van der Waals surface area contributed by atoms with Crippen molar-refractivity contribution in [1.29, 1.82) is 0 Å². The number of ether oxygens (including phenoxy) is 1. The van der Waals surface area contributed by atoms with Crippen LogP contribution < -0.4 is 10.6 Å². The summed E-state index contributed by atoms with van der Waals surface area (Å²) in [7, 11) is 0. The number of hydrogen-bond donors (Lipinski definition) is 2. The Morgan fingerprint density at radius 1 is 1.17 bits per heavy atom. The van der Waals surface area contributed by atoms with Crippen LogP contribution in [-0.2, 0) is 4.74 Å². The highest BCUT2D eigenvalue weighted by atomic mass is 16.5. The normalized spacial score (nSPS) is 17.0. The van der Waals surface area contributed by atoms with Gasteiger partial charge in [0.15, 0.2) is 0 Å². The number of rotatable bonds is 5. The number of aryl methyl sites for hydroxylation is 1. The van der Waals surface area contributed by atoms with Crippen molar-refractivity contribution in [2.75, 3.05) is 23.8 Å². The van der Waals surface area contributed by atoms with E-state index < -0.39 is 0 Å². The van der Waals surface area contributed by atoms with Crippen molar-refractivity contribution in [3.05, 3.63) is 59.7 Å². The maximum absolute atomic E-state index is 12.2. The molecule has 1 amide bonds. The molecule has 4 nitrogen and oxygen atoms in total. The fourth-order valence-corrected chi connectivity index (χ4v) is 2.70. The molecule has 120 valence electrons. The molecule has 1 aliphatic heterocycles. The Morgan fingerprint density at radius 2 is 1.96 bits per heavy atom. The second-order valence-electron chi connectivity index (χ2n) is 5.92. The first-order chi connectivity index (χ1) is 11.2. The number of carbonyl (C=O) groups is 1. The summed E-state index contributed by atoms with van der Waals surface area (Å²) in [4.78, 5) is 12.2. The third kappa shape index (κ3) is 4.33. The third-order valence-electron chi connectivity index (χ3n) is 3.98. The molecule has 1 heterocycles. The van der Waals surface area contributed by atoms with E-state index in [0.29, 0.717) is 11.7 Å². The van der Waals surface area contributed by atoms with Crippen LogP contribution in [0.25, 0.3) is 0 Å². The van der Waals surface area contributed by atoms with Crippen LogP contribution in [-0.4, -0.2) is 25.2 Å². The molecule has 0 spiro atoms. The lowest BCUT2D eigenvalue weighted by Crippen LogP contribution is -2.18. The molecule has 2 aromatic rings. The van der Waals surface area contributed by atoms with Gasteiger partial charge >= 0.3 is 0 Å². The second kappa shape index (κ2) is 7.29. The molecule has 1 atom stereocenters. The molecule has 0 aromatic heterocycles. The van der Waals surface area contributed by atoms with Crippen molar-refractivity contribution in [3.63, 3.8) is 0 Å². The molecule has 0 bridgehead atoms. The number of carbonyl (C=O) groups excluding carboxylic acids is 1. The number of amides is 1. The van der Waals surface area contributed by atoms with Crippen LogP contribution >= 0.6 is 0 Å². The van der Waals surface area contributed by atoms with E-state index in [-0.39, 0.29) is 5.91 Å². The Labute approximate surface area is 136 Å². The first kappa shape index (κ1) is 15.6. The van der Waals surface area contributed by atoms with E-state index in [2.05, 4.69) is 10.6 Å². The van der Waals surface area contributed by atoms with Crippen LogP contribution in [0.15, 0.2) is 48.5 Å². The molecule has 1 fully saturated rings. The number of hydrogen-bond acceptors (Lipinski definition) is 3. The zero-order chi connectivity index (χ0) is 16.1. The van der Waals surface area contributed by atoms with E-state index in [1.165, 1.54) is 0 Å². The van der Waals surface area contributed by atoms with Crippen LogP contribution in [0.1, 0.15) is 28.8 Å². The van der Waals surface area contributed by atoms with Crippen molar-refractivity contribution in [2.45, 2.75) is 25.9 Å². The van der Waals surface area contributed by atoms with Gasteiger partial charge in [0.05, 0.1) is 6.10 Å². The molecule has 3 rings (SSSR count). The fraction of sp³-hybridized carbons (Fsp3) is 0.316. The predicted octanol–water partition coefficient (Wildman–Crippen LogP) is 3.84. The summed E-state index contributed by atoms with van der Waals surface area (Å²) in [5.41, 5.74) is 3.57. The van der Waals surface area contributed by atoms with Gasteiger partial charge in [0, 0.05) is 30.1 Å². The fourth-order valence-electron chi connectivity index (χ4n) is 2.70. The van der Waals surface area contributed by atoms with E-state index in [1.807, 2.05) is 55.5 Å². The maximum atomic E-state index is 12.2. The maximum Gasteiger partial charge on any atom is 0.255 e. The monoisotopic (exact) mass is 310 g/mol. The lowest BCUT2D eigenvalue weighted by molar-refractivity contribution is 0.102. The van der Waals surface area contributed by atoms with Gasteiger partial charge in [-0.3, -0.25) is 4.79 Å². The first-order valence-corrected chi connectivity index (χ1v) is 8.04. The zero-order valence-electron chi connectivity index (χ0n) is 13.3. The highest BCUT2D eigenvalue weighted by molar-refractivity contribution is 6.04. The number of benzene rings is 2. The van der Waals surface area contributed by atoms with Gasteiger partial charge in [0.1, 0.15) is 0 Å². The van der Waals surface area contributed by atoms with Gasteiger partial charge in [-0.05, 0) is 56.2 Å². The summed E-state index contributed by atoms with van der Waals surface area (Å²) in [6, 6.07) is 15.3. The molecule has 0 saturated carbocycles. The van der Waals surface area contributed by atoms with E-state index >= 15 is 0 Å². The van der Waals surface area contributed by atoms with Gasteiger partial charge in [-0.1, -0.05) is 17.7 Å². The van der Waals surface area contributed by atoms with Crippen molar-refractivity contribution in [1.82, 2.24) is 0 Å². The quantitative estimate of drug-likeness (QED) is 0.882. The summed E-state index contributed by atoms with van der Waals surface area (Å²) in [6.07, 6.45) is 2.59. The molecular formula is C19H22N2O2. The van der Waals surface area contributed by atoms with Gasteiger partial charge in [0.25, 0.3) is 5.91 Å². The lowest BCUT2D eigenvalue weighted by Gasteiger charge is -2.12. The molecule has 0 radical (unpaired) electrons. The SMILES string of the molecule is Cc1cccc(C(=O)Nc2ccc(NCC3CCCO3)cc2)c1. The number of anilines is 2. The summed E-state index contributed by atoms with van der Waals surface area (Å²) >= 11 is 0. The van der Waals surface area contributed by atoms with Crippen molar-refractivity contribution in [3.8, 4) is 0 Å². The topological polar surface area (TPSA) is 50.4 Å². The lowest BCUT2D eigenvalue weighted by atomic mass is 10.1. The highest BCUT2D eigenvalue weighted by Gasteiger charge is 2.14. The van der Waals surface area contributed by atoms with E-state index in [9.17, 15) is 4.79 Å².